The summed E-state index contributed by atoms with van der Waals surface area (Å²) in [5, 5.41) is 17.1. The molecular formula is C22H28N2O4. The van der Waals surface area contributed by atoms with Crippen LogP contribution in [0, 0.1) is 0 Å². The van der Waals surface area contributed by atoms with Gasteiger partial charge in [-0.3, -0.25) is 9.59 Å². The van der Waals surface area contributed by atoms with Gasteiger partial charge in [0.1, 0.15) is 5.75 Å². The molecule has 0 radical (unpaired) electrons. The van der Waals surface area contributed by atoms with Gasteiger partial charge in [0.25, 0.3) is 0 Å². The number of ether oxygens (including phenoxy) is 1. The Labute approximate surface area is 165 Å². The molecule has 2 amide bonds. The van der Waals surface area contributed by atoms with Crippen molar-refractivity contribution in [2.45, 2.75) is 50.6 Å². The highest BCUT2D eigenvalue weighted by Crippen LogP contribution is 2.34. The highest BCUT2D eigenvalue weighted by Gasteiger charge is 2.38. The molecule has 28 heavy (non-hydrogen) atoms. The number of hydrogen-bond acceptors (Lipinski definition) is 4. The molecule has 1 aliphatic rings. The summed E-state index contributed by atoms with van der Waals surface area (Å²) in [6, 6.07) is 11.8. The van der Waals surface area contributed by atoms with Gasteiger partial charge in [-0.2, -0.15) is 0 Å². The van der Waals surface area contributed by atoms with Crippen molar-refractivity contribution in [3.63, 3.8) is 0 Å². The van der Waals surface area contributed by atoms with Gasteiger partial charge < -0.3 is 20.5 Å². The molecule has 2 aromatic carbocycles. The number of amides is 2. The molecule has 6 heteroatoms. The highest BCUT2D eigenvalue weighted by molar-refractivity contribution is 5.91. The molecule has 1 heterocycles. The molecule has 1 fully saturated rings. The van der Waals surface area contributed by atoms with Crippen molar-refractivity contribution >= 4 is 22.6 Å². The minimum Gasteiger partial charge on any atom is -0.496 e. The minimum absolute atomic E-state index is 0.0296. The van der Waals surface area contributed by atoms with Crippen LogP contribution >= 0.6 is 0 Å². The first-order chi connectivity index (χ1) is 13.5. The van der Waals surface area contributed by atoms with Crippen molar-refractivity contribution in [3.05, 3.63) is 42.0 Å². The summed E-state index contributed by atoms with van der Waals surface area (Å²) in [7, 11) is 1.66. The van der Waals surface area contributed by atoms with Gasteiger partial charge in [0.05, 0.1) is 13.7 Å². The second-order valence-corrected chi connectivity index (χ2v) is 7.63. The SMILES string of the molecule is COc1ccc(C[C@]2(CCC(=O)N[C@H](C)CO)CCC(=O)N2)c2ccccc12. The third kappa shape index (κ3) is 4.44. The van der Waals surface area contributed by atoms with Gasteiger partial charge in [0.2, 0.25) is 11.8 Å². The Hall–Kier alpha value is -2.60. The Kier molecular flexibility index (Phi) is 6.19. The average molecular weight is 384 g/mol. The molecule has 6 nitrogen and oxygen atoms in total. The Bertz CT molecular complexity index is 867. The van der Waals surface area contributed by atoms with Gasteiger partial charge in [-0.1, -0.05) is 30.3 Å². The number of nitrogens with one attached hydrogen (secondary N) is 2. The molecule has 3 rings (SSSR count). The zero-order valence-corrected chi connectivity index (χ0v) is 16.5. The fourth-order valence-electron chi connectivity index (χ4n) is 3.96. The summed E-state index contributed by atoms with van der Waals surface area (Å²) in [5.41, 5.74) is 0.691. The number of aliphatic hydroxyl groups is 1. The van der Waals surface area contributed by atoms with Crippen LogP contribution in [0.2, 0.25) is 0 Å². The van der Waals surface area contributed by atoms with Gasteiger partial charge >= 0.3 is 0 Å². The predicted octanol–water partition coefficient (Wildman–Crippen LogP) is 2.32. The van der Waals surface area contributed by atoms with Crippen LogP contribution in [0.4, 0.5) is 0 Å². The number of methoxy groups -OCH3 is 1. The van der Waals surface area contributed by atoms with Crippen molar-refractivity contribution in [1.82, 2.24) is 10.6 Å². The van der Waals surface area contributed by atoms with Crippen LogP contribution in [0.3, 0.4) is 0 Å². The van der Waals surface area contributed by atoms with Crippen molar-refractivity contribution in [3.8, 4) is 5.75 Å². The standard InChI is InChI=1S/C22H28N2O4/c1-15(14-25)23-20(26)9-11-22(12-10-21(27)24-22)13-16-7-8-19(28-2)18-6-4-3-5-17(16)18/h3-8,15,25H,9-14H2,1-2H3,(H,23,26)(H,24,27)/t15-,22+/m1/s1. The van der Waals surface area contributed by atoms with E-state index in [4.69, 9.17) is 9.84 Å². The molecule has 0 bridgehead atoms. The van der Waals surface area contributed by atoms with E-state index in [1.807, 2.05) is 30.3 Å². The zero-order valence-electron chi connectivity index (χ0n) is 16.5. The van der Waals surface area contributed by atoms with Crippen LogP contribution in [0.5, 0.6) is 5.75 Å². The number of hydrogen-bond donors (Lipinski definition) is 3. The summed E-state index contributed by atoms with van der Waals surface area (Å²) in [6.07, 6.45) is 2.70. The molecule has 1 aliphatic heterocycles. The Morgan fingerprint density at radius 3 is 2.68 bits per heavy atom. The number of carbonyl (C=O) groups is 2. The number of aliphatic hydroxyl groups excluding tert-OH is 1. The predicted molar refractivity (Wildman–Crippen MR) is 108 cm³/mol. The van der Waals surface area contributed by atoms with Crippen molar-refractivity contribution in [2.75, 3.05) is 13.7 Å². The molecule has 0 saturated carbocycles. The summed E-state index contributed by atoms with van der Waals surface area (Å²) < 4.78 is 5.48. The molecule has 3 N–H and O–H groups in total. The second kappa shape index (κ2) is 8.61. The zero-order chi connectivity index (χ0) is 20.1. The fraction of sp³-hybridized carbons (Fsp3) is 0.455. The van der Waals surface area contributed by atoms with Gasteiger partial charge in [-0.15, -0.1) is 0 Å². The highest BCUT2D eigenvalue weighted by atomic mass is 16.5. The number of rotatable bonds is 8. The quantitative estimate of drug-likeness (QED) is 0.652. The number of fused-ring (bicyclic) bond motifs is 1. The third-order valence-electron chi connectivity index (χ3n) is 5.47. The maximum absolute atomic E-state index is 12.2. The van der Waals surface area contributed by atoms with E-state index in [0.29, 0.717) is 32.1 Å². The topological polar surface area (TPSA) is 87.7 Å². The molecule has 2 atom stereocenters. The first-order valence-electron chi connectivity index (χ1n) is 9.72. The normalized spacial score (nSPS) is 20.0. The molecule has 0 aliphatic carbocycles. The van der Waals surface area contributed by atoms with Crippen LogP contribution in [0.25, 0.3) is 10.8 Å². The molecule has 2 aromatic rings. The van der Waals surface area contributed by atoms with Crippen molar-refractivity contribution in [1.29, 1.82) is 0 Å². The van der Waals surface area contributed by atoms with Gasteiger partial charge in [0.15, 0.2) is 0 Å². The summed E-state index contributed by atoms with van der Waals surface area (Å²) in [4.78, 5) is 24.2. The number of carbonyl (C=O) groups excluding carboxylic acids is 2. The lowest BCUT2D eigenvalue weighted by Crippen LogP contribution is -2.45. The van der Waals surface area contributed by atoms with Crippen LogP contribution in [0.15, 0.2) is 36.4 Å². The van der Waals surface area contributed by atoms with E-state index in [1.54, 1.807) is 14.0 Å². The first kappa shape index (κ1) is 20.1. The average Bonchev–Trinajstić information content (AvgIpc) is 3.07. The fourth-order valence-corrected chi connectivity index (χ4v) is 3.96. The Balaban J connectivity index is 1.83. The maximum Gasteiger partial charge on any atom is 0.220 e. The van der Waals surface area contributed by atoms with E-state index in [9.17, 15) is 9.59 Å². The maximum atomic E-state index is 12.2. The Morgan fingerprint density at radius 2 is 2.04 bits per heavy atom. The monoisotopic (exact) mass is 384 g/mol. The molecule has 0 spiro atoms. The molecular weight excluding hydrogens is 356 g/mol. The second-order valence-electron chi connectivity index (χ2n) is 7.63. The van der Waals surface area contributed by atoms with Gasteiger partial charge in [-0.25, -0.2) is 0 Å². The lowest BCUT2D eigenvalue weighted by molar-refractivity contribution is -0.123. The van der Waals surface area contributed by atoms with Crippen molar-refractivity contribution < 1.29 is 19.4 Å². The van der Waals surface area contributed by atoms with E-state index >= 15 is 0 Å². The lowest BCUT2D eigenvalue weighted by Gasteiger charge is -2.30. The molecule has 0 unspecified atom stereocenters. The summed E-state index contributed by atoms with van der Waals surface area (Å²) in [5.74, 6) is 0.741. The van der Waals surface area contributed by atoms with E-state index < -0.39 is 5.54 Å². The van der Waals surface area contributed by atoms with Gasteiger partial charge in [0, 0.05) is 29.8 Å². The van der Waals surface area contributed by atoms with Crippen LogP contribution in [-0.4, -0.2) is 42.2 Å². The van der Waals surface area contributed by atoms with E-state index in [2.05, 4.69) is 16.7 Å². The lowest BCUT2D eigenvalue weighted by atomic mass is 9.83. The van der Waals surface area contributed by atoms with Crippen LogP contribution in [0.1, 0.15) is 38.2 Å². The molecule has 0 aromatic heterocycles. The van der Waals surface area contributed by atoms with Crippen LogP contribution in [-0.2, 0) is 16.0 Å². The van der Waals surface area contributed by atoms with E-state index in [-0.39, 0.29) is 24.5 Å². The number of benzene rings is 2. The summed E-state index contributed by atoms with van der Waals surface area (Å²) in [6.45, 7) is 1.67. The van der Waals surface area contributed by atoms with Gasteiger partial charge in [-0.05, 0) is 43.2 Å². The summed E-state index contributed by atoms with van der Waals surface area (Å²) >= 11 is 0. The smallest absolute Gasteiger partial charge is 0.220 e. The first-order valence-corrected chi connectivity index (χ1v) is 9.72. The molecule has 1 saturated heterocycles. The van der Waals surface area contributed by atoms with Crippen molar-refractivity contribution in [2.24, 2.45) is 0 Å². The third-order valence-corrected chi connectivity index (χ3v) is 5.47. The largest absolute Gasteiger partial charge is 0.496 e. The van der Waals surface area contributed by atoms with E-state index in [1.165, 1.54) is 0 Å². The van der Waals surface area contributed by atoms with Crippen LogP contribution < -0.4 is 15.4 Å². The molecule has 150 valence electrons. The Morgan fingerprint density at radius 1 is 1.29 bits per heavy atom. The minimum atomic E-state index is -0.436. The van der Waals surface area contributed by atoms with E-state index in [0.717, 1.165) is 22.1 Å².